The van der Waals surface area contributed by atoms with Crippen LogP contribution in [-0.4, -0.2) is 26.2 Å². The molecule has 0 spiro atoms. The van der Waals surface area contributed by atoms with Gasteiger partial charge >= 0.3 is 5.97 Å². The molecule has 0 bridgehead atoms. The molecule has 4 nitrogen and oxygen atoms in total. The molecule has 0 amide bonds. The van der Waals surface area contributed by atoms with Gasteiger partial charge in [0.2, 0.25) is 0 Å². The number of benzene rings is 1. The largest absolute Gasteiger partial charge is 0.465 e. The molecule has 112 valence electrons. The summed E-state index contributed by atoms with van der Waals surface area (Å²) in [6.45, 7) is 6.24. The van der Waals surface area contributed by atoms with E-state index in [0.717, 1.165) is 44.5 Å². The van der Waals surface area contributed by atoms with Gasteiger partial charge in [0.15, 0.2) is 0 Å². The summed E-state index contributed by atoms with van der Waals surface area (Å²) in [6.07, 6.45) is 4.47. The van der Waals surface area contributed by atoms with Crippen molar-refractivity contribution in [1.82, 2.24) is 0 Å². The van der Waals surface area contributed by atoms with Crippen molar-refractivity contribution in [2.75, 3.05) is 30.8 Å². The van der Waals surface area contributed by atoms with Crippen LogP contribution in [0.2, 0.25) is 0 Å². The van der Waals surface area contributed by atoms with E-state index in [4.69, 9.17) is 10.5 Å². The Bertz CT molecular complexity index is 424. The van der Waals surface area contributed by atoms with Gasteiger partial charge in [-0.15, -0.1) is 0 Å². The van der Waals surface area contributed by atoms with E-state index in [0.29, 0.717) is 11.3 Å². The quantitative estimate of drug-likeness (QED) is 0.584. The van der Waals surface area contributed by atoms with Crippen molar-refractivity contribution in [3.63, 3.8) is 0 Å². The molecule has 0 aromatic heterocycles. The van der Waals surface area contributed by atoms with E-state index in [1.165, 1.54) is 7.11 Å². The summed E-state index contributed by atoms with van der Waals surface area (Å²) < 4.78 is 4.87. The molecule has 0 aliphatic rings. The second-order valence-corrected chi connectivity index (χ2v) is 4.96. The molecular formula is C16H26N2O2. The summed E-state index contributed by atoms with van der Waals surface area (Å²) in [7, 11) is 1.40. The number of unbranched alkanes of at least 4 members (excludes halogenated alkanes) is 2. The number of nitrogens with two attached hydrogens (primary N) is 1. The summed E-state index contributed by atoms with van der Waals surface area (Å²) in [5, 5.41) is 0. The second kappa shape index (κ2) is 8.46. The minimum atomic E-state index is -0.328. The normalized spacial score (nSPS) is 10.3. The monoisotopic (exact) mass is 278 g/mol. The van der Waals surface area contributed by atoms with Gasteiger partial charge in [0, 0.05) is 18.8 Å². The topological polar surface area (TPSA) is 55.6 Å². The predicted octanol–water partition coefficient (Wildman–Crippen LogP) is 3.46. The van der Waals surface area contributed by atoms with Crippen LogP contribution in [-0.2, 0) is 4.74 Å². The van der Waals surface area contributed by atoms with Crippen molar-refractivity contribution in [1.29, 1.82) is 0 Å². The molecule has 1 rings (SSSR count). The molecule has 0 atom stereocenters. The van der Waals surface area contributed by atoms with E-state index in [-0.39, 0.29) is 5.97 Å². The first-order valence-electron chi connectivity index (χ1n) is 7.36. The standard InChI is InChI=1S/C16H26N2O2/c1-4-6-10-18(11-7-5-2)15-9-8-13(17)12-14(15)16(19)20-3/h8-9,12H,4-7,10-11,17H2,1-3H3. The number of carbonyl (C=O) groups excluding carboxylic acids is 1. The molecule has 1 aromatic carbocycles. The molecule has 0 saturated carbocycles. The van der Waals surface area contributed by atoms with Crippen LogP contribution in [0, 0.1) is 0 Å². The summed E-state index contributed by atoms with van der Waals surface area (Å²) in [6, 6.07) is 5.46. The highest BCUT2D eigenvalue weighted by Crippen LogP contribution is 2.25. The van der Waals surface area contributed by atoms with Gasteiger partial charge in [-0.2, -0.15) is 0 Å². The first-order chi connectivity index (χ1) is 9.63. The molecular weight excluding hydrogens is 252 g/mol. The highest BCUT2D eigenvalue weighted by atomic mass is 16.5. The summed E-state index contributed by atoms with van der Waals surface area (Å²) >= 11 is 0. The Kier molecular flexibility index (Phi) is 6.91. The highest BCUT2D eigenvalue weighted by molar-refractivity contribution is 5.96. The van der Waals surface area contributed by atoms with Crippen molar-refractivity contribution in [2.24, 2.45) is 0 Å². The molecule has 0 heterocycles. The number of hydrogen-bond acceptors (Lipinski definition) is 4. The molecule has 0 saturated heterocycles. The smallest absolute Gasteiger partial charge is 0.340 e. The maximum absolute atomic E-state index is 11.9. The Morgan fingerprint density at radius 1 is 1.20 bits per heavy atom. The number of ether oxygens (including phenoxy) is 1. The second-order valence-electron chi connectivity index (χ2n) is 4.96. The fourth-order valence-electron chi connectivity index (χ4n) is 2.15. The average molecular weight is 278 g/mol. The van der Waals surface area contributed by atoms with Gasteiger partial charge in [-0.05, 0) is 31.0 Å². The Hall–Kier alpha value is -1.71. The first kappa shape index (κ1) is 16.3. The molecule has 0 aliphatic carbocycles. The van der Waals surface area contributed by atoms with Gasteiger partial charge in [0.1, 0.15) is 0 Å². The molecule has 0 unspecified atom stereocenters. The lowest BCUT2D eigenvalue weighted by Gasteiger charge is -2.26. The van der Waals surface area contributed by atoms with Crippen LogP contribution in [0.4, 0.5) is 11.4 Å². The van der Waals surface area contributed by atoms with E-state index < -0.39 is 0 Å². The van der Waals surface area contributed by atoms with E-state index >= 15 is 0 Å². The lowest BCUT2D eigenvalue weighted by Crippen LogP contribution is -2.27. The summed E-state index contributed by atoms with van der Waals surface area (Å²) in [4.78, 5) is 14.2. The van der Waals surface area contributed by atoms with Crippen LogP contribution in [0.15, 0.2) is 18.2 Å². The minimum absolute atomic E-state index is 0.328. The van der Waals surface area contributed by atoms with Crippen molar-refractivity contribution < 1.29 is 9.53 Å². The fraction of sp³-hybridized carbons (Fsp3) is 0.562. The molecule has 1 aromatic rings. The number of anilines is 2. The van der Waals surface area contributed by atoms with E-state index in [1.54, 1.807) is 6.07 Å². The third kappa shape index (κ3) is 4.44. The van der Waals surface area contributed by atoms with Gasteiger partial charge < -0.3 is 15.4 Å². The maximum atomic E-state index is 11.9. The number of hydrogen-bond donors (Lipinski definition) is 1. The fourth-order valence-corrected chi connectivity index (χ4v) is 2.15. The Balaban J connectivity index is 3.06. The van der Waals surface area contributed by atoms with Crippen molar-refractivity contribution in [3.8, 4) is 0 Å². The van der Waals surface area contributed by atoms with Gasteiger partial charge in [0.25, 0.3) is 0 Å². The zero-order chi connectivity index (χ0) is 15.0. The SMILES string of the molecule is CCCCN(CCCC)c1ccc(N)cc1C(=O)OC. The van der Waals surface area contributed by atoms with Crippen LogP contribution in [0.3, 0.4) is 0 Å². The van der Waals surface area contributed by atoms with Crippen molar-refractivity contribution >= 4 is 17.3 Å². The maximum Gasteiger partial charge on any atom is 0.340 e. The van der Waals surface area contributed by atoms with Gasteiger partial charge in [-0.1, -0.05) is 26.7 Å². The lowest BCUT2D eigenvalue weighted by molar-refractivity contribution is 0.0601. The Morgan fingerprint density at radius 2 is 1.80 bits per heavy atom. The number of nitrogen functional groups attached to an aromatic ring is 1. The van der Waals surface area contributed by atoms with E-state index in [2.05, 4.69) is 18.7 Å². The number of carbonyl (C=O) groups is 1. The van der Waals surface area contributed by atoms with Crippen molar-refractivity contribution in [2.45, 2.75) is 39.5 Å². The zero-order valence-electron chi connectivity index (χ0n) is 12.8. The third-order valence-electron chi connectivity index (χ3n) is 3.33. The Labute approximate surface area is 121 Å². The Morgan fingerprint density at radius 3 is 2.30 bits per heavy atom. The van der Waals surface area contributed by atoms with Gasteiger partial charge in [0.05, 0.1) is 18.4 Å². The van der Waals surface area contributed by atoms with Crippen LogP contribution in [0.1, 0.15) is 49.9 Å². The first-order valence-corrected chi connectivity index (χ1v) is 7.36. The molecule has 4 heteroatoms. The zero-order valence-corrected chi connectivity index (χ0v) is 12.8. The summed E-state index contributed by atoms with van der Waals surface area (Å²) in [5.74, 6) is -0.328. The summed E-state index contributed by atoms with van der Waals surface area (Å²) in [5.41, 5.74) is 7.86. The van der Waals surface area contributed by atoms with Crippen LogP contribution >= 0.6 is 0 Å². The number of esters is 1. The highest BCUT2D eigenvalue weighted by Gasteiger charge is 2.17. The number of nitrogens with zero attached hydrogens (tertiary/aromatic N) is 1. The predicted molar refractivity (Wildman–Crippen MR) is 84.2 cm³/mol. The number of rotatable bonds is 8. The van der Waals surface area contributed by atoms with Gasteiger partial charge in [-0.25, -0.2) is 4.79 Å². The molecule has 2 N–H and O–H groups in total. The molecule has 0 aliphatic heterocycles. The van der Waals surface area contributed by atoms with Crippen LogP contribution in [0.5, 0.6) is 0 Å². The van der Waals surface area contributed by atoms with Gasteiger partial charge in [-0.3, -0.25) is 0 Å². The van der Waals surface area contributed by atoms with Crippen LogP contribution in [0.25, 0.3) is 0 Å². The van der Waals surface area contributed by atoms with Crippen LogP contribution < -0.4 is 10.6 Å². The third-order valence-corrected chi connectivity index (χ3v) is 3.33. The lowest BCUT2D eigenvalue weighted by atomic mass is 10.1. The van der Waals surface area contributed by atoms with E-state index in [1.807, 2.05) is 12.1 Å². The number of methoxy groups -OCH3 is 1. The van der Waals surface area contributed by atoms with E-state index in [9.17, 15) is 4.79 Å². The average Bonchev–Trinajstić information content (AvgIpc) is 2.47. The molecule has 0 radical (unpaired) electrons. The van der Waals surface area contributed by atoms with Crippen molar-refractivity contribution in [3.05, 3.63) is 23.8 Å². The minimum Gasteiger partial charge on any atom is -0.465 e. The molecule has 0 fully saturated rings. The molecule has 20 heavy (non-hydrogen) atoms.